The van der Waals surface area contributed by atoms with Gasteiger partial charge in [0.25, 0.3) is 0 Å². The molecule has 0 fully saturated rings. The molecule has 0 aliphatic heterocycles. The molecular weight excluding hydrogens is 282 g/mol. The fourth-order valence-electron chi connectivity index (χ4n) is 1.49. The van der Waals surface area contributed by atoms with Gasteiger partial charge in [-0.1, -0.05) is 11.6 Å². The summed E-state index contributed by atoms with van der Waals surface area (Å²) in [5.74, 6) is 0.435. The number of amides is 1. The molecule has 0 aliphatic rings. The van der Waals surface area contributed by atoms with Gasteiger partial charge in [0.2, 0.25) is 5.91 Å². The molecule has 4 nitrogen and oxygen atoms in total. The number of halogens is 1. The molecule has 2 aromatic rings. The van der Waals surface area contributed by atoms with Crippen LogP contribution in [-0.4, -0.2) is 28.2 Å². The van der Waals surface area contributed by atoms with Crippen LogP contribution in [-0.2, 0) is 11.2 Å². The van der Waals surface area contributed by atoms with E-state index in [0.717, 1.165) is 17.0 Å². The van der Waals surface area contributed by atoms with Crippen LogP contribution in [0, 0.1) is 0 Å². The second kappa shape index (κ2) is 7.21. The minimum atomic E-state index is 0.0273. The number of aromatic nitrogens is 2. The number of carbonyl (C=O) groups is 1. The van der Waals surface area contributed by atoms with Crippen LogP contribution in [0.4, 0.5) is 0 Å². The molecule has 2 rings (SSSR count). The molecule has 0 spiro atoms. The standard InChI is InChI=1S/C13H14ClN3OS/c14-10-1-3-12(4-2-10)19-8-13(18)16-6-5-11-7-15-9-17-11/h1-4,7,9H,5-6,8H2,(H,15,17)(H,16,18). The molecule has 0 radical (unpaired) electrons. The van der Waals surface area contributed by atoms with E-state index in [9.17, 15) is 4.79 Å². The zero-order chi connectivity index (χ0) is 13.5. The summed E-state index contributed by atoms with van der Waals surface area (Å²) in [6.07, 6.45) is 4.15. The SMILES string of the molecule is O=C(CSc1ccc(Cl)cc1)NCCc1cnc[nH]1. The van der Waals surface area contributed by atoms with E-state index in [1.54, 1.807) is 12.5 Å². The molecule has 0 aliphatic carbocycles. The van der Waals surface area contributed by atoms with Crippen LogP contribution in [0.15, 0.2) is 41.7 Å². The Kier molecular flexibility index (Phi) is 5.30. The first-order valence-corrected chi connectivity index (χ1v) is 7.23. The highest BCUT2D eigenvalue weighted by atomic mass is 35.5. The first kappa shape index (κ1) is 14.0. The number of H-pyrrole nitrogens is 1. The van der Waals surface area contributed by atoms with Crippen LogP contribution in [0.2, 0.25) is 5.02 Å². The fourth-order valence-corrected chi connectivity index (χ4v) is 2.34. The van der Waals surface area contributed by atoms with Gasteiger partial charge >= 0.3 is 0 Å². The number of nitrogens with one attached hydrogen (secondary N) is 2. The van der Waals surface area contributed by atoms with Gasteiger partial charge in [-0.05, 0) is 24.3 Å². The maximum absolute atomic E-state index is 11.6. The first-order valence-electron chi connectivity index (χ1n) is 5.86. The van der Waals surface area contributed by atoms with Gasteiger partial charge in [0.1, 0.15) is 0 Å². The molecule has 2 N–H and O–H groups in total. The van der Waals surface area contributed by atoms with E-state index >= 15 is 0 Å². The highest BCUT2D eigenvalue weighted by Crippen LogP contribution is 2.19. The third-order valence-corrected chi connectivity index (χ3v) is 3.72. The monoisotopic (exact) mass is 295 g/mol. The van der Waals surface area contributed by atoms with Crippen LogP contribution in [0.1, 0.15) is 5.69 Å². The van der Waals surface area contributed by atoms with Gasteiger partial charge in [-0.2, -0.15) is 0 Å². The lowest BCUT2D eigenvalue weighted by Crippen LogP contribution is -2.27. The largest absolute Gasteiger partial charge is 0.355 e. The van der Waals surface area contributed by atoms with E-state index < -0.39 is 0 Å². The van der Waals surface area contributed by atoms with Crippen molar-refractivity contribution in [3.05, 3.63) is 47.5 Å². The van der Waals surface area contributed by atoms with Crippen molar-refractivity contribution in [2.75, 3.05) is 12.3 Å². The molecule has 1 aromatic heterocycles. The highest BCUT2D eigenvalue weighted by molar-refractivity contribution is 8.00. The first-order chi connectivity index (χ1) is 9.24. The molecular formula is C13H14ClN3OS. The average molecular weight is 296 g/mol. The normalized spacial score (nSPS) is 10.4. The Morgan fingerprint density at radius 2 is 2.16 bits per heavy atom. The van der Waals surface area contributed by atoms with E-state index in [2.05, 4.69) is 15.3 Å². The Balaban J connectivity index is 1.65. The second-order valence-corrected chi connectivity index (χ2v) is 5.40. The number of carbonyl (C=O) groups excluding carboxylic acids is 1. The van der Waals surface area contributed by atoms with Crippen molar-refractivity contribution in [3.63, 3.8) is 0 Å². The van der Waals surface area contributed by atoms with Crippen LogP contribution in [0.3, 0.4) is 0 Å². The maximum Gasteiger partial charge on any atom is 0.230 e. The zero-order valence-corrected chi connectivity index (χ0v) is 11.8. The van der Waals surface area contributed by atoms with Gasteiger partial charge in [0, 0.05) is 34.8 Å². The van der Waals surface area contributed by atoms with Crippen LogP contribution in [0.25, 0.3) is 0 Å². The summed E-state index contributed by atoms with van der Waals surface area (Å²) in [5, 5.41) is 3.57. The van der Waals surface area contributed by atoms with Crippen molar-refractivity contribution in [3.8, 4) is 0 Å². The molecule has 0 unspecified atom stereocenters. The molecule has 1 amide bonds. The van der Waals surface area contributed by atoms with Crippen molar-refractivity contribution in [2.24, 2.45) is 0 Å². The van der Waals surface area contributed by atoms with E-state index in [4.69, 9.17) is 11.6 Å². The van der Waals surface area contributed by atoms with Crippen LogP contribution < -0.4 is 5.32 Å². The third kappa shape index (κ3) is 4.96. The van der Waals surface area contributed by atoms with Crippen molar-refractivity contribution >= 4 is 29.3 Å². The summed E-state index contributed by atoms with van der Waals surface area (Å²) in [5.41, 5.74) is 1.02. The average Bonchev–Trinajstić information content (AvgIpc) is 2.91. The number of thioether (sulfide) groups is 1. The number of imidazole rings is 1. The lowest BCUT2D eigenvalue weighted by atomic mass is 10.3. The van der Waals surface area contributed by atoms with E-state index in [1.165, 1.54) is 11.8 Å². The number of hydrogen-bond acceptors (Lipinski definition) is 3. The molecule has 0 saturated carbocycles. The molecule has 0 saturated heterocycles. The fraction of sp³-hybridized carbons (Fsp3) is 0.231. The molecule has 1 heterocycles. The highest BCUT2D eigenvalue weighted by Gasteiger charge is 2.03. The zero-order valence-electron chi connectivity index (χ0n) is 10.2. The summed E-state index contributed by atoms with van der Waals surface area (Å²) in [7, 11) is 0. The minimum absolute atomic E-state index is 0.0273. The Morgan fingerprint density at radius 3 is 2.84 bits per heavy atom. The predicted molar refractivity (Wildman–Crippen MR) is 77.5 cm³/mol. The molecule has 19 heavy (non-hydrogen) atoms. The van der Waals surface area contributed by atoms with Gasteiger partial charge in [0.05, 0.1) is 12.1 Å². The molecule has 1 aromatic carbocycles. The Labute approximate surface area is 121 Å². The Morgan fingerprint density at radius 1 is 1.37 bits per heavy atom. The topological polar surface area (TPSA) is 57.8 Å². The van der Waals surface area contributed by atoms with Crippen molar-refractivity contribution in [1.82, 2.24) is 15.3 Å². The number of benzene rings is 1. The molecule has 100 valence electrons. The number of aromatic amines is 1. The van der Waals surface area contributed by atoms with Crippen LogP contribution in [0.5, 0.6) is 0 Å². The van der Waals surface area contributed by atoms with Crippen LogP contribution >= 0.6 is 23.4 Å². The van der Waals surface area contributed by atoms with Gasteiger partial charge in [-0.3, -0.25) is 4.79 Å². The van der Waals surface area contributed by atoms with E-state index in [0.29, 0.717) is 17.3 Å². The van der Waals surface area contributed by atoms with E-state index in [1.807, 2.05) is 24.3 Å². The molecule has 6 heteroatoms. The third-order valence-electron chi connectivity index (χ3n) is 2.45. The van der Waals surface area contributed by atoms with Crippen molar-refractivity contribution in [1.29, 1.82) is 0 Å². The predicted octanol–water partition coefficient (Wildman–Crippen LogP) is 2.51. The van der Waals surface area contributed by atoms with Gasteiger partial charge < -0.3 is 10.3 Å². The lowest BCUT2D eigenvalue weighted by Gasteiger charge is -2.04. The Hall–Kier alpha value is -1.46. The smallest absolute Gasteiger partial charge is 0.230 e. The van der Waals surface area contributed by atoms with Crippen molar-refractivity contribution < 1.29 is 4.79 Å². The summed E-state index contributed by atoms with van der Waals surface area (Å²) in [6.45, 7) is 0.613. The minimum Gasteiger partial charge on any atom is -0.355 e. The number of rotatable bonds is 6. The maximum atomic E-state index is 11.6. The number of hydrogen-bond donors (Lipinski definition) is 2. The lowest BCUT2D eigenvalue weighted by molar-refractivity contribution is -0.118. The van der Waals surface area contributed by atoms with Crippen molar-refractivity contribution in [2.45, 2.75) is 11.3 Å². The molecule has 0 bridgehead atoms. The summed E-state index contributed by atoms with van der Waals surface area (Å²) >= 11 is 7.29. The van der Waals surface area contributed by atoms with Gasteiger partial charge in [-0.25, -0.2) is 4.98 Å². The van der Waals surface area contributed by atoms with Gasteiger partial charge in [0.15, 0.2) is 0 Å². The second-order valence-electron chi connectivity index (χ2n) is 3.92. The Bertz CT molecular complexity index is 513. The summed E-state index contributed by atoms with van der Waals surface area (Å²) < 4.78 is 0. The van der Waals surface area contributed by atoms with E-state index in [-0.39, 0.29) is 5.91 Å². The molecule has 0 atom stereocenters. The summed E-state index contributed by atoms with van der Waals surface area (Å²) in [6, 6.07) is 7.45. The quantitative estimate of drug-likeness (QED) is 0.805. The summed E-state index contributed by atoms with van der Waals surface area (Å²) in [4.78, 5) is 19.6. The van der Waals surface area contributed by atoms with Gasteiger partial charge in [-0.15, -0.1) is 11.8 Å². The number of nitrogens with zero attached hydrogens (tertiary/aromatic N) is 1.